The minimum absolute atomic E-state index is 0. The van der Waals surface area contributed by atoms with Gasteiger partial charge < -0.3 is 28.2 Å². The van der Waals surface area contributed by atoms with Crippen LogP contribution in [0, 0.1) is 42.9 Å². The molecule has 0 fully saturated rings. The van der Waals surface area contributed by atoms with Gasteiger partial charge in [0.2, 0.25) is 40.7 Å². The number of pyridine rings is 2. The van der Waals surface area contributed by atoms with Crippen LogP contribution in [0.2, 0.25) is 10.0 Å². The summed E-state index contributed by atoms with van der Waals surface area (Å²) in [5.41, 5.74) is 11.1. The summed E-state index contributed by atoms with van der Waals surface area (Å²) in [4.78, 5) is 32.8. The number of halogens is 7. The Hall–Kier alpha value is -8.43. The van der Waals surface area contributed by atoms with E-state index < -0.39 is 65.2 Å². The lowest BCUT2D eigenvalue weighted by molar-refractivity contribution is 0.346. The highest BCUT2D eigenvalue weighted by molar-refractivity contribution is 7.90. The number of nitrogens with zero attached hydrogens (tertiary/aromatic N) is 4. The van der Waals surface area contributed by atoms with E-state index in [9.17, 15) is 48.4 Å². The summed E-state index contributed by atoms with van der Waals surface area (Å²) in [6.45, 7) is 3.79. The Balaban J connectivity index is 0.000000221. The molecule has 446 valence electrons. The number of sulfone groups is 1. The maximum absolute atomic E-state index is 14.1. The van der Waals surface area contributed by atoms with E-state index in [0.717, 1.165) is 51.6 Å². The predicted molar refractivity (Wildman–Crippen MR) is 327 cm³/mol. The van der Waals surface area contributed by atoms with Crippen molar-refractivity contribution in [2.24, 2.45) is 0 Å². The van der Waals surface area contributed by atoms with Crippen molar-refractivity contribution in [3.8, 4) is 50.9 Å². The Morgan fingerprint density at radius 2 is 0.965 bits per heavy atom. The summed E-state index contributed by atoms with van der Waals surface area (Å²) in [7, 11) is -5.84. The number of fused-ring (bicyclic) bond motifs is 2. The van der Waals surface area contributed by atoms with Gasteiger partial charge in [0.15, 0.2) is 9.84 Å². The number of anilines is 1. The molecule has 4 aromatic heterocycles. The number of benzene rings is 7. The number of nitrogen functional groups attached to an aromatic ring is 1. The van der Waals surface area contributed by atoms with Crippen LogP contribution in [0.1, 0.15) is 17.0 Å². The molecule has 4 heterocycles. The fourth-order valence-electron chi connectivity index (χ4n) is 8.65. The number of ether oxygens (including phenoxy) is 2. The molecule has 0 aliphatic heterocycles. The third-order valence-electron chi connectivity index (χ3n) is 12.8. The van der Waals surface area contributed by atoms with Crippen molar-refractivity contribution in [3.63, 3.8) is 0 Å². The standard InChI is InChI=1S/C29H17ClF5NO5S.C27H21ClN2O5S.C3H4N2O.2H3P/c1-14-11-15(3-7-19(14)30)16-4-8-21(22(13-16)40-2)36-20-9-6-18(12-17(20)5-10-23(36)37)42(38,39)41-29-27(34)25(32)24(31)26(33)28(29)35;1-17-13-18(3-7-22(17)28)19-4-8-24(25(15-19)34-2)30-23-9-6-21(14-20(23)5-10-27(30)31)36(32,33)16-26-29-11-12-35-26;4-3-5-1-2-6-3;;/h3-13H,1-2H3;3-15H,16H2,1-2H3;1-2H,(H2,4,5);2*1H3. The van der Waals surface area contributed by atoms with E-state index in [1.54, 1.807) is 49.6 Å². The van der Waals surface area contributed by atoms with Crippen LogP contribution in [0.5, 0.6) is 17.2 Å². The third-order valence-corrected chi connectivity index (χ3v) is 16.5. The quantitative estimate of drug-likeness (QED) is 0.0396. The van der Waals surface area contributed by atoms with Gasteiger partial charge in [0.05, 0.1) is 53.9 Å². The average Bonchev–Trinajstić information content (AvgIpc) is 4.17. The number of hydrogen-bond acceptors (Lipinski definition) is 14. The monoisotopic (exact) mass is 1290 g/mol. The molecule has 0 spiro atoms. The molecule has 27 heteroatoms. The number of aryl methyl sites for hydroxylation is 2. The van der Waals surface area contributed by atoms with Gasteiger partial charge in [-0.3, -0.25) is 18.7 Å². The highest BCUT2D eigenvalue weighted by Gasteiger charge is 2.31. The fraction of sp³-hybridized carbons (Fsp3) is 0.0847. The summed E-state index contributed by atoms with van der Waals surface area (Å²) < 4.78 is 148. The number of hydrogen-bond donors (Lipinski definition) is 1. The smallest absolute Gasteiger partial charge is 0.339 e. The molecule has 11 aromatic rings. The van der Waals surface area contributed by atoms with Crippen molar-refractivity contribution in [3.05, 3.63) is 235 Å². The Bertz CT molecular complexity index is 4690. The van der Waals surface area contributed by atoms with Crippen molar-refractivity contribution < 1.29 is 61.3 Å². The number of oxazole rings is 2. The van der Waals surface area contributed by atoms with Crippen LogP contribution in [-0.4, -0.2) is 50.2 Å². The van der Waals surface area contributed by atoms with Gasteiger partial charge >= 0.3 is 10.1 Å². The molecule has 2 unspecified atom stereocenters. The van der Waals surface area contributed by atoms with E-state index in [-0.39, 0.29) is 58.8 Å². The van der Waals surface area contributed by atoms with Crippen LogP contribution < -0.4 is 30.5 Å². The normalized spacial score (nSPS) is 11.2. The maximum atomic E-state index is 14.1. The Kier molecular flexibility index (Phi) is 20.3. The summed E-state index contributed by atoms with van der Waals surface area (Å²) >= 11 is 12.3. The number of nitrogens with two attached hydrogens (primary N) is 1. The largest absolute Gasteiger partial charge is 0.495 e. The van der Waals surface area contributed by atoms with Gasteiger partial charge in [0, 0.05) is 33.0 Å². The third kappa shape index (κ3) is 13.6. The predicted octanol–water partition coefficient (Wildman–Crippen LogP) is 13.1. The van der Waals surface area contributed by atoms with Crippen molar-refractivity contribution in [1.29, 1.82) is 0 Å². The molecule has 16 nitrogen and oxygen atoms in total. The van der Waals surface area contributed by atoms with Gasteiger partial charge in [-0.25, -0.2) is 31.6 Å². The van der Waals surface area contributed by atoms with Gasteiger partial charge in [-0.05, 0) is 144 Å². The highest BCUT2D eigenvalue weighted by Crippen LogP contribution is 2.36. The van der Waals surface area contributed by atoms with Crippen molar-refractivity contribution in [2.75, 3.05) is 20.0 Å². The second kappa shape index (κ2) is 26.9. The summed E-state index contributed by atoms with van der Waals surface area (Å²) in [5, 5.41) is 2.04. The van der Waals surface area contributed by atoms with Crippen LogP contribution in [0.3, 0.4) is 0 Å². The van der Waals surface area contributed by atoms with Crippen molar-refractivity contribution >= 4 is 90.8 Å². The van der Waals surface area contributed by atoms with E-state index in [1.165, 1.54) is 65.4 Å². The first-order valence-corrected chi connectivity index (χ1v) is 28.3. The molecule has 0 radical (unpaired) electrons. The van der Waals surface area contributed by atoms with E-state index in [2.05, 4.69) is 18.6 Å². The second-order valence-corrected chi connectivity index (χ2v) is 22.5. The van der Waals surface area contributed by atoms with Crippen LogP contribution in [0.4, 0.5) is 28.0 Å². The zero-order chi connectivity index (χ0) is 60.4. The number of methoxy groups -OCH3 is 2. The molecule has 0 amide bonds. The van der Waals surface area contributed by atoms with Crippen molar-refractivity contribution in [2.45, 2.75) is 29.4 Å². The molecule has 7 aromatic carbocycles. The van der Waals surface area contributed by atoms with Gasteiger partial charge in [0.1, 0.15) is 34.7 Å². The first-order valence-electron chi connectivity index (χ1n) is 24.4. The Labute approximate surface area is 503 Å². The lowest BCUT2D eigenvalue weighted by atomic mass is 10.0. The van der Waals surface area contributed by atoms with Crippen LogP contribution in [0.25, 0.3) is 55.4 Å². The molecule has 0 saturated heterocycles. The number of aromatic nitrogens is 4. The van der Waals surface area contributed by atoms with E-state index in [4.69, 9.17) is 42.8 Å². The summed E-state index contributed by atoms with van der Waals surface area (Å²) in [5.74, 6) is -13.5. The van der Waals surface area contributed by atoms with Gasteiger partial charge in [0.25, 0.3) is 17.1 Å². The molecule has 0 aliphatic carbocycles. The lowest BCUT2D eigenvalue weighted by Gasteiger charge is -2.16. The van der Waals surface area contributed by atoms with Gasteiger partial charge in [-0.1, -0.05) is 47.5 Å². The lowest BCUT2D eigenvalue weighted by Crippen LogP contribution is -2.19. The van der Waals surface area contributed by atoms with E-state index in [0.29, 0.717) is 43.8 Å². The second-order valence-electron chi connectivity index (χ2n) is 18.1. The van der Waals surface area contributed by atoms with Gasteiger partial charge in [-0.15, -0.1) is 0 Å². The molecule has 0 saturated carbocycles. The zero-order valence-electron chi connectivity index (χ0n) is 45.5. The minimum Gasteiger partial charge on any atom is -0.495 e. The Morgan fingerprint density at radius 1 is 0.535 bits per heavy atom. The SMILES string of the molecule is COc1cc(-c2ccc(Cl)c(C)c2)ccc1-n1c(=O)ccc2cc(S(=O)(=O)Cc3ncco3)ccc21.COc1cc(-c2ccc(Cl)c(C)c2)ccc1-n1c(=O)ccc2cc(S(=O)(=O)Oc3c(F)c(F)c(F)c(F)c3F)ccc21.Nc1ncco1.P.P. The molecule has 0 bridgehead atoms. The molecule has 0 aliphatic rings. The molecule has 2 atom stereocenters. The minimum atomic E-state index is -5.10. The molecule has 2 N–H and O–H groups in total. The van der Waals surface area contributed by atoms with Crippen LogP contribution in [0.15, 0.2) is 187 Å². The maximum Gasteiger partial charge on any atom is 0.339 e. The van der Waals surface area contributed by atoms with Crippen LogP contribution in [-0.2, 0) is 25.7 Å². The summed E-state index contributed by atoms with van der Waals surface area (Å²) in [6, 6.07) is 35.4. The van der Waals surface area contributed by atoms with Crippen LogP contribution >= 0.6 is 43.0 Å². The van der Waals surface area contributed by atoms with Gasteiger partial charge in [-0.2, -0.15) is 37.0 Å². The molecular formula is C59H48Cl2F5N5O11P2S2. The summed E-state index contributed by atoms with van der Waals surface area (Å²) in [6.07, 6.45) is 5.65. The highest BCUT2D eigenvalue weighted by atomic mass is 35.5. The zero-order valence-corrected chi connectivity index (χ0v) is 51.4. The molecular weight excluding hydrogens is 1250 g/mol. The van der Waals surface area contributed by atoms with E-state index >= 15 is 0 Å². The number of rotatable bonds is 12. The van der Waals surface area contributed by atoms with E-state index in [1.807, 2.05) is 62.4 Å². The topological polar surface area (TPSA) is 218 Å². The average molecular weight is 1300 g/mol. The molecule has 11 rings (SSSR count). The molecule has 86 heavy (non-hydrogen) atoms. The van der Waals surface area contributed by atoms with Crippen molar-refractivity contribution in [1.82, 2.24) is 19.1 Å². The first-order chi connectivity index (χ1) is 40.0. The Morgan fingerprint density at radius 3 is 1.38 bits per heavy atom. The first kappa shape index (κ1) is 65.1. The fourth-order valence-corrected chi connectivity index (χ4v) is 11.1.